The van der Waals surface area contributed by atoms with E-state index >= 15 is 0 Å². The van der Waals surface area contributed by atoms with Gasteiger partial charge in [-0.05, 0) is 48.0 Å². The molecule has 0 bridgehead atoms. The Morgan fingerprint density at radius 3 is 2.29 bits per heavy atom. The summed E-state index contributed by atoms with van der Waals surface area (Å²) in [7, 11) is 0. The predicted molar refractivity (Wildman–Crippen MR) is 122 cm³/mol. The molecule has 0 N–H and O–H groups in total. The topological polar surface area (TPSA) is 65.1 Å². The molecule has 0 aromatic heterocycles. The van der Waals surface area contributed by atoms with Crippen LogP contribution in [-0.4, -0.2) is 25.1 Å². The maximum Gasteiger partial charge on any atom is 0.308 e. The van der Waals surface area contributed by atoms with Crippen LogP contribution in [0.25, 0.3) is 10.8 Å². The third-order valence-corrected chi connectivity index (χ3v) is 5.68. The second kappa shape index (κ2) is 8.59. The summed E-state index contributed by atoms with van der Waals surface area (Å²) < 4.78 is 17.8. The van der Waals surface area contributed by atoms with Crippen LogP contribution in [0.3, 0.4) is 0 Å². The van der Waals surface area contributed by atoms with E-state index in [1.165, 1.54) is 6.92 Å². The summed E-state index contributed by atoms with van der Waals surface area (Å²) in [6.45, 7) is 6.45. The number of esters is 1. The van der Waals surface area contributed by atoms with E-state index in [-0.39, 0.29) is 5.91 Å². The van der Waals surface area contributed by atoms with E-state index in [1.54, 1.807) is 23.1 Å². The Labute approximate surface area is 188 Å². The van der Waals surface area contributed by atoms with E-state index in [4.69, 9.17) is 14.2 Å². The summed E-state index contributed by atoms with van der Waals surface area (Å²) in [5.74, 6) is 1.13. The number of nitrogens with zero attached hydrogens (tertiary/aromatic N) is 1. The number of ether oxygens (including phenoxy) is 3. The lowest BCUT2D eigenvalue weighted by atomic mass is 9.99. The molecule has 160 valence electrons. The molecule has 0 unspecified atom stereocenters. The van der Waals surface area contributed by atoms with Gasteiger partial charge in [-0.3, -0.25) is 9.59 Å². The first-order chi connectivity index (χ1) is 15.0. The molecule has 0 aliphatic carbocycles. The zero-order valence-electron chi connectivity index (χ0n) is 17.5. The molecule has 4 rings (SSSR count). The minimum atomic E-state index is -0.404. The molecule has 0 spiro atoms. The van der Waals surface area contributed by atoms with Crippen LogP contribution in [0, 0.1) is 0 Å². The van der Waals surface area contributed by atoms with Crippen molar-refractivity contribution in [1.29, 1.82) is 0 Å². The molecule has 1 heterocycles. The zero-order valence-corrected chi connectivity index (χ0v) is 19.1. The van der Waals surface area contributed by atoms with Gasteiger partial charge in [-0.1, -0.05) is 24.3 Å². The van der Waals surface area contributed by atoms with Crippen LogP contribution in [0.15, 0.2) is 46.9 Å². The Hall–Kier alpha value is -3.06. The SMILES string of the molecule is CCOc1c2c(c(OCC)c3ccccc13)C(=O)N(c1ccc(OC(C)=O)cc1Br)C2. The molecular formula is C24H22BrNO5. The van der Waals surface area contributed by atoms with Gasteiger partial charge in [0.2, 0.25) is 0 Å². The summed E-state index contributed by atoms with van der Waals surface area (Å²) in [4.78, 5) is 26.5. The van der Waals surface area contributed by atoms with Gasteiger partial charge in [0.25, 0.3) is 5.91 Å². The van der Waals surface area contributed by atoms with E-state index in [2.05, 4.69) is 15.9 Å². The number of fused-ring (bicyclic) bond motifs is 2. The van der Waals surface area contributed by atoms with Crippen molar-refractivity contribution in [3.05, 3.63) is 58.1 Å². The van der Waals surface area contributed by atoms with Crippen molar-refractivity contribution in [1.82, 2.24) is 0 Å². The third-order valence-electron chi connectivity index (χ3n) is 5.04. The molecule has 6 nitrogen and oxygen atoms in total. The first kappa shape index (κ1) is 21.2. The van der Waals surface area contributed by atoms with Crippen LogP contribution in [0.4, 0.5) is 5.69 Å². The number of carbonyl (C=O) groups excluding carboxylic acids is 2. The Morgan fingerprint density at radius 2 is 1.68 bits per heavy atom. The van der Waals surface area contributed by atoms with E-state index in [0.717, 1.165) is 16.3 Å². The number of benzene rings is 3. The van der Waals surface area contributed by atoms with E-state index in [1.807, 2.05) is 38.1 Å². The minimum absolute atomic E-state index is 0.161. The van der Waals surface area contributed by atoms with Gasteiger partial charge in [0, 0.05) is 27.7 Å². The molecule has 0 fully saturated rings. The van der Waals surface area contributed by atoms with Gasteiger partial charge in [0.15, 0.2) is 0 Å². The maximum absolute atomic E-state index is 13.6. The summed E-state index contributed by atoms with van der Waals surface area (Å²) >= 11 is 3.51. The van der Waals surface area contributed by atoms with Crippen molar-refractivity contribution in [2.45, 2.75) is 27.3 Å². The molecule has 0 radical (unpaired) electrons. The average Bonchev–Trinajstić information content (AvgIpc) is 3.07. The first-order valence-electron chi connectivity index (χ1n) is 10.1. The molecule has 3 aromatic carbocycles. The molecule has 1 amide bonds. The Kier molecular flexibility index (Phi) is 5.87. The molecular weight excluding hydrogens is 462 g/mol. The van der Waals surface area contributed by atoms with Gasteiger partial charge in [-0.25, -0.2) is 0 Å². The molecule has 3 aromatic rings. The Balaban J connectivity index is 1.86. The first-order valence-corrected chi connectivity index (χ1v) is 10.9. The van der Waals surface area contributed by atoms with Gasteiger partial charge in [0.05, 0.1) is 31.0 Å². The second-order valence-corrected chi connectivity index (χ2v) is 7.88. The number of amides is 1. The molecule has 1 aliphatic heterocycles. The standard InChI is InChI=1S/C24H22BrNO5/c1-4-29-22-16-8-6-7-9-17(16)23(30-5-2)21-18(22)13-26(24(21)28)20-11-10-15(12-19(20)25)31-14(3)27/h6-12H,4-5,13H2,1-3H3. The van der Waals surface area contributed by atoms with Gasteiger partial charge in [-0.2, -0.15) is 0 Å². The quantitative estimate of drug-likeness (QED) is 0.342. The minimum Gasteiger partial charge on any atom is -0.493 e. The summed E-state index contributed by atoms with van der Waals surface area (Å²) in [5, 5.41) is 1.77. The molecule has 1 aliphatic rings. The number of hydrogen-bond acceptors (Lipinski definition) is 5. The smallest absolute Gasteiger partial charge is 0.308 e. The lowest BCUT2D eigenvalue weighted by Gasteiger charge is -2.18. The fourth-order valence-electron chi connectivity index (χ4n) is 3.90. The van der Waals surface area contributed by atoms with E-state index < -0.39 is 5.97 Å². The number of anilines is 1. The lowest BCUT2D eigenvalue weighted by molar-refractivity contribution is -0.131. The van der Waals surface area contributed by atoms with Crippen molar-refractivity contribution in [2.24, 2.45) is 0 Å². The highest BCUT2D eigenvalue weighted by Crippen LogP contribution is 2.47. The van der Waals surface area contributed by atoms with E-state index in [9.17, 15) is 9.59 Å². The van der Waals surface area contributed by atoms with Crippen molar-refractivity contribution in [3.63, 3.8) is 0 Å². The molecule has 0 saturated heterocycles. The van der Waals surface area contributed by atoms with E-state index in [0.29, 0.717) is 52.7 Å². The van der Waals surface area contributed by atoms with Crippen molar-refractivity contribution in [2.75, 3.05) is 18.1 Å². The van der Waals surface area contributed by atoms with Crippen molar-refractivity contribution < 1.29 is 23.8 Å². The van der Waals surface area contributed by atoms with Crippen molar-refractivity contribution >= 4 is 44.3 Å². The van der Waals surface area contributed by atoms with Gasteiger partial charge < -0.3 is 19.1 Å². The highest BCUT2D eigenvalue weighted by molar-refractivity contribution is 9.10. The average molecular weight is 484 g/mol. The monoisotopic (exact) mass is 483 g/mol. The van der Waals surface area contributed by atoms with Crippen molar-refractivity contribution in [3.8, 4) is 17.2 Å². The highest BCUT2D eigenvalue weighted by Gasteiger charge is 2.37. The Bertz CT molecular complexity index is 1190. The summed E-state index contributed by atoms with van der Waals surface area (Å²) in [6, 6.07) is 12.9. The fourth-order valence-corrected chi connectivity index (χ4v) is 4.47. The summed E-state index contributed by atoms with van der Waals surface area (Å²) in [6.07, 6.45) is 0. The Morgan fingerprint density at radius 1 is 1.03 bits per heavy atom. The van der Waals surface area contributed by atoms with Crippen LogP contribution in [-0.2, 0) is 11.3 Å². The normalized spacial score (nSPS) is 12.8. The third kappa shape index (κ3) is 3.74. The molecule has 31 heavy (non-hydrogen) atoms. The fraction of sp³-hybridized carbons (Fsp3) is 0.250. The van der Waals surface area contributed by atoms with Gasteiger partial charge in [-0.15, -0.1) is 0 Å². The second-order valence-electron chi connectivity index (χ2n) is 7.02. The van der Waals surface area contributed by atoms with Crippen LogP contribution in [0.5, 0.6) is 17.2 Å². The maximum atomic E-state index is 13.6. The number of carbonyl (C=O) groups is 2. The highest BCUT2D eigenvalue weighted by atomic mass is 79.9. The predicted octanol–water partition coefficient (Wildman–Crippen LogP) is 5.49. The number of rotatable bonds is 6. The van der Waals surface area contributed by atoms with Crippen LogP contribution >= 0.6 is 15.9 Å². The number of hydrogen-bond donors (Lipinski definition) is 0. The van der Waals surface area contributed by atoms with Crippen LogP contribution in [0.2, 0.25) is 0 Å². The van der Waals surface area contributed by atoms with Crippen LogP contribution in [0.1, 0.15) is 36.7 Å². The molecule has 7 heteroatoms. The van der Waals surface area contributed by atoms with Gasteiger partial charge in [0.1, 0.15) is 17.2 Å². The van der Waals surface area contributed by atoms with Gasteiger partial charge >= 0.3 is 5.97 Å². The zero-order chi connectivity index (χ0) is 22.1. The largest absolute Gasteiger partial charge is 0.493 e. The number of halogens is 1. The molecule has 0 atom stereocenters. The van der Waals surface area contributed by atoms with Crippen LogP contribution < -0.4 is 19.1 Å². The molecule has 0 saturated carbocycles. The summed E-state index contributed by atoms with van der Waals surface area (Å²) in [5.41, 5.74) is 2.01. The lowest BCUT2D eigenvalue weighted by Crippen LogP contribution is -2.23.